The highest BCUT2D eigenvalue weighted by atomic mass is 16.5. The van der Waals surface area contributed by atoms with Gasteiger partial charge in [-0.3, -0.25) is 9.59 Å². The van der Waals surface area contributed by atoms with E-state index >= 15 is 0 Å². The third-order valence-corrected chi connectivity index (χ3v) is 6.27. The van der Waals surface area contributed by atoms with Crippen molar-refractivity contribution in [3.05, 3.63) is 0 Å². The zero-order valence-corrected chi connectivity index (χ0v) is 22.6. The van der Waals surface area contributed by atoms with Crippen molar-refractivity contribution in [1.29, 1.82) is 0 Å². The van der Waals surface area contributed by atoms with Gasteiger partial charge in [0.1, 0.15) is 0 Å². The lowest BCUT2D eigenvalue weighted by atomic mass is 10.0. The zero-order chi connectivity index (χ0) is 24.6. The van der Waals surface area contributed by atoms with Crippen LogP contribution in [0.25, 0.3) is 0 Å². The Morgan fingerprint density at radius 3 is 1.52 bits per heavy atom. The molecule has 196 valence electrons. The van der Waals surface area contributed by atoms with Gasteiger partial charge in [-0.2, -0.15) is 0 Å². The Balaban J connectivity index is 3.36. The molecule has 0 saturated carbocycles. The minimum Gasteiger partial charge on any atom is -0.466 e. The minimum atomic E-state index is -0.295. The fourth-order valence-corrected chi connectivity index (χ4v) is 4.09. The summed E-state index contributed by atoms with van der Waals surface area (Å²) >= 11 is 0. The van der Waals surface area contributed by atoms with E-state index in [4.69, 9.17) is 9.47 Å². The van der Waals surface area contributed by atoms with E-state index in [-0.39, 0.29) is 30.9 Å². The largest absolute Gasteiger partial charge is 0.466 e. The predicted octanol–water partition coefficient (Wildman–Crippen LogP) is 8.94. The van der Waals surface area contributed by atoms with Crippen LogP contribution in [0.3, 0.4) is 0 Å². The molecule has 1 unspecified atom stereocenters. The Morgan fingerprint density at radius 1 is 0.576 bits per heavy atom. The SMILES string of the molecule is CCCCCCCCCCCCCCCCCOC(=O)CCC(=O)OC(C)CCCC(C)C. The Bertz CT molecular complexity index is 447. The maximum atomic E-state index is 11.8. The van der Waals surface area contributed by atoms with Crippen LogP contribution >= 0.6 is 0 Å². The summed E-state index contributed by atoms with van der Waals surface area (Å²) in [6.45, 7) is 9.06. The molecule has 33 heavy (non-hydrogen) atoms. The highest BCUT2D eigenvalue weighted by molar-refractivity contribution is 5.77. The fourth-order valence-electron chi connectivity index (χ4n) is 4.09. The molecule has 0 rings (SSSR count). The summed E-state index contributed by atoms with van der Waals surface area (Å²) in [7, 11) is 0. The van der Waals surface area contributed by atoms with E-state index in [0.717, 1.165) is 32.1 Å². The van der Waals surface area contributed by atoms with Crippen molar-refractivity contribution < 1.29 is 19.1 Å². The van der Waals surface area contributed by atoms with Crippen LogP contribution in [0.2, 0.25) is 0 Å². The lowest BCUT2D eigenvalue weighted by molar-refractivity contribution is -0.153. The molecule has 0 aromatic heterocycles. The third-order valence-electron chi connectivity index (χ3n) is 6.27. The molecule has 0 heterocycles. The molecule has 0 aliphatic heterocycles. The summed E-state index contributed by atoms with van der Waals surface area (Å²) in [5.41, 5.74) is 0. The highest BCUT2D eigenvalue weighted by Crippen LogP contribution is 2.14. The van der Waals surface area contributed by atoms with E-state index in [1.165, 1.54) is 83.5 Å². The molecule has 0 bridgehead atoms. The summed E-state index contributed by atoms with van der Waals surface area (Å²) in [4.78, 5) is 23.6. The van der Waals surface area contributed by atoms with Crippen molar-refractivity contribution in [1.82, 2.24) is 0 Å². The number of carbonyl (C=O) groups is 2. The average molecular weight is 469 g/mol. The average Bonchev–Trinajstić information content (AvgIpc) is 2.77. The molecular weight excluding hydrogens is 412 g/mol. The molecule has 1 atom stereocenters. The molecule has 0 aromatic carbocycles. The second kappa shape index (κ2) is 24.1. The van der Waals surface area contributed by atoms with Crippen molar-refractivity contribution in [2.75, 3.05) is 6.61 Å². The summed E-state index contributed by atoms with van der Waals surface area (Å²) < 4.78 is 10.6. The smallest absolute Gasteiger partial charge is 0.306 e. The van der Waals surface area contributed by atoms with Crippen LogP contribution in [0.15, 0.2) is 0 Å². The molecule has 0 radical (unpaired) electrons. The molecule has 0 aliphatic carbocycles. The predicted molar refractivity (Wildman–Crippen MR) is 139 cm³/mol. The van der Waals surface area contributed by atoms with Gasteiger partial charge in [0, 0.05) is 0 Å². The third kappa shape index (κ3) is 25.4. The van der Waals surface area contributed by atoms with Gasteiger partial charge in [0.2, 0.25) is 0 Å². The molecule has 0 fully saturated rings. The summed E-state index contributed by atoms with van der Waals surface area (Å²) in [5, 5.41) is 0. The van der Waals surface area contributed by atoms with Gasteiger partial charge in [-0.1, -0.05) is 117 Å². The van der Waals surface area contributed by atoms with Crippen LogP contribution in [-0.4, -0.2) is 24.6 Å². The molecule has 4 nitrogen and oxygen atoms in total. The van der Waals surface area contributed by atoms with Crippen LogP contribution in [-0.2, 0) is 19.1 Å². The highest BCUT2D eigenvalue weighted by Gasteiger charge is 2.12. The van der Waals surface area contributed by atoms with Gasteiger partial charge >= 0.3 is 11.9 Å². The minimum absolute atomic E-state index is 0.0763. The maximum Gasteiger partial charge on any atom is 0.306 e. The van der Waals surface area contributed by atoms with Crippen molar-refractivity contribution in [2.24, 2.45) is 5.92 Å². The van der Waals surface area contributed by atoms with Crippen LogP contribution in [0.5, 0.6) is 0 Å². The van der Waals surface area contributed by atoms with E-state index in [2.05, 4.69) is 20.8 Å². The number of rotatable bonds is 24. The molecule has 0 spiro atoms. The summed E-state index contributed by atoms with van der Waals surface area (Å²) in [6.07, 6.45) is 23.1. The number of esters is 2. The first-order chi connectivity index (χ1) is 16.0. The van der Waals surface area contributed by atoms with Crippen molar-refractivity contribution in [3.63, 3.8) is 0 Å². The molecule has 0 aromatic rings. The summed E-state index contributed by atoms with van der Waals surface area (Å²) in [5.74, 6) is 0.0907. The van der Waals surface area contributed by atoms with Crippen LogP contribution in [0.1, 0.15) is 156 Å². The number of hydrogen-bond acceptors (Lipinski definition) is 4. The molecular formula is C29H56O4. The standard InChI is InChI=1S/C29H56O4/c1-5-6-7-8-9-10-11-12-13-14-15-16-17-18-19-25-32-28(30)23-24-29(31)33-27(4)22-20-21-26(2)3/h26-27H,5-25H2,1-4H3. The van der Waals surface area contributed by atoms with Gasteiger partial charge in [0.15, 0.2) is 0 Å². The van der Waals surface area contributed by atoms with Gasteiger partial charge in [-0.15, -0.1) is 0 Å². The van der Waals surface area contributed by atoms with E-state index < -0.39 is 0 Å². The van der Waals surface area contributed by atoms with Gasteiger partial charge < -0.3 is 9.47 Å². The molecule has 0 amide bonds. The first-order valence-corrected chi connectivity index (χ1v) is 14.3. The molecule has 4 heteroatoms. The van der Waals surface area contributed by atoms with E-state index in [0.29, 0.717) is 12.5 Å². The first-order valence-electron chi connectivity index (χ1n) is 14.3. The number of hydrogen-bond donors (Lipinski definition) is 0. The van der Waals surface area contributed by atoms with Gasteiger partial charge in [0.05, 0.1) is 25.6 Å². The van der Waals surface area contributed by atoms with E-state index in [1.54, 1.807) is 0 Å². The molecule has 0 saturated heterocycles. The lowest BCUT2D eigenvalue weighted by Crippen LogP contribution is -2.16. The number of ether oxygens (including phenoxy) is 2. The van der Waals surface area contributed by atoms with Crippen molar-refractivity contribution in [2.45, 2.75) is 162 Å². The maximum absolute atomic E-state index is 11.8. The quantitative estimate of drug-likeness (QED) is 0.105. The van der Waals surface area contributed by atoms with Crippen LogP contribution in [0.4, 0.5) is 0 Å². The Morgan fingerprint density at radius 2 is 1.03 bits per heavy atom. The molecule has 0 N–H and O–H groups in total. The number of carbonyl (C=O) groups excluding carboxylic acids is 2. The Labute approximate surface area is 206 Å². The van der Waals surface area contributed by atoms with Crippen molar-refractivity contribution >= 4 is 11.9 Å². The first kappa shape index (κ1) is 31.9. The fraction of sp³-hybridized carbons (Fsp3) is 0.931. The summed E-state index contributed by atoms with van der Waals surface area (Å²) in [6, 6.07) is 0. The van der Waals surface area contributed by atoms with Crippen molar-refractivity contribution in [3.8, 4) is 0 Å². The van der Waals surface area contributed by atoms with Gasteiger partial charge in [0.25, 0.3) is 0 Å². The second-order valence-corrected chi connectivity index (χ2v) is 10.3. The van der Waals surface area contributed by atoms with Gasteiger partial charge in [-0.25, -0.2) is 0 Å². The van der Waals surface area contributed by atoms with E-state index in [1.807, 2.05) is 6.92 Å². The zero-order valence-electron chi connectivity index (χ0n) is 22.6. The monoisotopic (exact) mass is 468 g/mol. The van der Waals surface area contributed by atoms with Crippen LogP contribution < -0.4 is 0 Å². The topological polar surface area (TPSA) is 52.6 Å². The van der Waals surface area contributed by atoms with Crippen LogP contribution in [0, 0.1) is 5.92 Å². The molecule has 0 aliphatic rings. The van der Waals surface area contributed by atoms with E-state index in [9.17, 15) is 9.59 Å². The Kier molecular flexibility index (Phi) is 23.3. The second-order valence-electron chi connectivity index (χ2n) is 10.3. The number of unbranched alkanes of at least 4 members (excludes halogenated alkanes) is 14. The lowest BCUT2D eigenvalue weighted by Gasteiger charge is -2.13. The van der Waals surface area contributed by atoms with Gasteiger partial charge in [-0.05, 0) is 32.1 Å². The normalized spacial score (nSPS) is 12.2. The Hall–Kier alpha value is -1.06.